The number of aryl methyl sites for hydroxylation is 1. The average molecular weight is 423 g/mol. The van der Waals surface area contributed by atoms with Gasteiger partial charge in [0, 0.05) is 5.02 Å². The number of hydrogen-bond donors (Lipinski definition) is 1. The summed E-state index contributed by atoms with van der Waals surface area (Å²) >= 11 is 8.72. The Hall–Kier alpha value is -2.42. The van der Waals surface area contributed by atoms with E-state index in [2.05, 4.69) is 10.3 Å². The molecule has 0 fully saturated rings. The molecule has 0 saturated carbocycles. The smallest absolute Gasteiger partial charge is 0.350 e. The van der Waals surface area contributed by atoms with Gasteiger partial charge in [-0.2, -0.15) is 0 Å². The monoisotopic (exact) mass is 422 g/mol. The van der Waals surface area contributed by atoms with Gasteiger partial charge in [0.05, 0.1) is 23.4 Å². The molecule has 0 radical (unpaired) electrons. The second-order valence-electron chi connectivity index (χ2n) is 5.38. The van der Waals surface area contributed by atoms with Crippen LogP contribution in [0, 0.1) is 6.92 Å². The van der Waals surface area contributed by atoms with Crippen LogP contribution >= 0.6 is 34.3 Å². The first-order valence-electron chi connectivity index (χ1n) is 7.79. The minimum Gasteiger partial charge on any atom is -0.495 e. The summed E-state index contributed by atoms with van der Waals surface area (Å²) in [5.74, 6) is -0.622. The molecule has 1 amide bonds. The summed E-state index contributed by atoms with van der Waals surface area (Å²) in [6.07, 6.45) is 0. The Bertz CT molecular complexity index is 970. The van der Waals surface area contributed by atoms with Gasteiger partial charge < -0.3 is 14.8 Å². The second kappa shape index (κ2) is 8.51. The van der Waals surface area contributed by atoms with Crippen molar-refractivity contribution in [2.45, 2.75) is 6.92 Å². The zero-order chi connectivity index (χ0) is 19.4. The van der Waals surface area contributed by atoms with Gasteiger partial charge >= 0.3 is 5.97 Å². The SMILES string of the molecule is COc1ccc(Cl)cc1NC(=O)COC(=O)c1sc(-c2cccs2)nc1C. The number of rotatable bonds is 6. The number of halogens is 1. The molecule has 0 aliphatic carbocycles. The van der Waals surface area contributed by atoms with E-state index in [0.29, 0.717) is 27.0 Å². The Morgan fingerprint density at radius 1 is 1.30 bits per heavy atom. The lowest BCUT2D eigenvalue weighted by Gasteiger charge is -2.10. The van der Waals surface area contributed by atoms with E-state index in [9.17, 15) is 9.59 Å². The maximum Gasteiger partial charge on any atom is 0.350 e. The van der Waals surface area contributed by atoms with Gasteiger partial charge in [-0.1, -0.05) is 17.7 Å². The fourth-order valence-electron chi connectivity index (χ4n) is 2.25. The lowest BCUT2D eigenvalue weighted by molar-refractivity contribution is -0.119. The van der Waals surface area contributed by atoms with Crippen LogP contribution in [0.25, 0.3) is 9.88 Å². The fraction of sp³-hybridized carbons (Fsp3) is 0.167. The molecule has 0 unspecified atom stereocenters. The number of esters is 1. The van der Waals surface area contributed by atoms with Gasteiger partial charge in [-0.3, -0.25) is 4.79 Å². The van der Waals surface area contributed by atoms with Gasteiger partial charge in [-0.15, -0.1) is 22.7 Å². The van der Waals surface area contributed by atoms with Crippen molar-refractivity contribution in [3.8, 4) is 15.6 Å². The van der Waals surface area contributed by atoms with Crippen LogP contribution in [0.4, 0.5) is 5.69 Å². The molecular weight excluding hydrogens is 408 g/mol. The number of hydrogen-bond acceptors (Lipinski definition) is 7. The molecule has 6 nitrogen and oxygen atoms in total. The van der Waals surface area contributed by atoms with Gasteiger partial charge in [0.2, 0.25) is 0 Å². The Morgan fingerprint density at radius 3 is 2.81 bits per heavy atom. The van der Waals surface area contributed by atoms with Crippen molar-refractivity contribution in [3.63, 3.8) is 0 Å². The van der Waals surface area contributed by atoms with Crippen LogP contribution < -0.4 is 10.1 Å². The second-order valence-corrected chi connectivity index (χ2v) is 7.76. The summed E-state index contributed by atoms with van der Waals surface area (Å²) in [7, 11) is 1.48. The lowest BCUT2D eigenvalue weighted by atomic mass is 10.3. The van der Waals surface area contributed by atoms with Gasteiger partial charge in [0.15, 0.2) is 6.61 Å². The van der Waals surface area contributed by atoms with E-state index in [4.69, 9.17) is 21.1 Å². The lowest BCUT2D eigenvalue weighted by Crippen LogP contribution is -2.21. The third-order valence-corrected chi connectivity index (χ3v) is 5.90. The largest absolute Gasteiger partial charge is 0.495 e. The molecule has 2 aromatic heterocycles. The highest BCUT2D eigenvalue weighted by Gasteiger charge is 2.19. The first kappa shape index (κ1) is 19.3. The molecule has 2 heterocycles. The van der Waals surface area contributed by atoms with Crippen molar-refractivity contribution < 1.29 is 19.1 Å². The maximum absolute atomic E-state index is 12.3. The number of benzene rings is 1. The number of thiophene rings is 1. The summed E-state index contributed by atoms with van der Waals surface area (Å²) in [6, 6.07) is 8.69. The van der Waals surface area contributed by atoms with Crippen molar-refractivity contribution in [2.75, 3.05) is 19.0 Å². The summed E-state index contributed by atoms with van der Waals surface area (Å²) in [4.78, 5) is 30.2. The highest BCUT2D eigenvalue weighted by molar-refractivity contribution is 7.22. The molecule has 140 valence electrons. The summed E-state index contributed by atoms with van der Waals surface area (Å²) in [5, 5.41) is 5.76. The topological polar surface area (TPSA) is 77.5 Å². The Labute approximate surface area is 168 Å². The molecule has 0 atom stereocenters. The van der Waals surface area contributed by atoms with Crippen LogP contribution in [0.5, 0.6) is 5.75 Å². The minimum absolute atomic E-state index is 0.381. The molecule has 1 aromatic carbocycles. The summed E-state index contributed by atoms with van der Waals surface area (Å²) in [6.45, 7) is 1.31. The van der Waals surface area contributed by atoms with Crippen LogP contribution in [0.2, 0.25) is 5.02 Å². The summed E-state index contributed by atoms with van der Waals surface area (Å²) < 4.78 is 10.3. The summed E-state index contributed by atoms with van der Waals surface area (Å²) in [5.41, 5.74) is 0.977. The van der Waals surface area contributed by atoms with E-state index in [1.165, 1.54) is 18.4 Å². The third kappa shape index (κ3) is 4.65. The number of ether oxygens (including phenoxy) is 2. The normalized spacial score (nSPS) is 10.5. The fourth-order valence-corrected chi connectivity index (χ4v) is 4.18. The molecule has 0 saturated heterocycles. The number of anilines is 1. The molecule has 0 bridgehead atoms. The Morgan fingerprint density at radius 2 is 2.11 bits per heavy atom. The zero-order valence-electron chi connectivity index (χ0n) is 14.4. The number of methoxy groups -OCH3 is 1. The molecular formula is C18H15ClN2O4S2. The van der Waals surface area contributed by atoms with Crippen molar-refractivity contribution in [2.24, 2.45) is 0 Å². The Kier molecular flexibility index (Phi) is 6.10. The number of amides is 1. The molecule has 9 heteroatoms. The third-order valence-electron chi connectivity index (χ3n) is 3.48. The number of aromatic nitrogens is 1. The van der Waals surface area contributed by atoms with Crippen molar-refractivity contribution in [3.05, 3.63) is 51.3 Å². The number of carbonyl (C=O) groups is 2. The van der Waals surface area contributed by atoms with Gasteiger partial charge in [-0.05, 0) is 36.6 Å². The van der Waals surface area contributed by atoms with Gasteiger partial charge in [0.1, 0.15) is 15.6 Å². The van der Waals surface area contributed by atoms with Gasteiger partial charge in [-0.25, -0.2) is 9.78 Å². The molecule has 0 aliphatic rings. The zero-order valence-corrected chi connectivity index (χ0v) is 16.8. The van der Waals surface area contributed by atoms with Gasteiger partial charge in [0.25, 0.3) is 5.91 Å². The highest BCUT2D eigenvalue weighted by Crippen LogP contribution is 2.31. The number of nitrogens with zero attached hydrogens (tertiary/aromatic N) is 1. The van der Waals surface area contributed by atoms with Crippen LogP contribution in [0.1, 0.15) is 15.4 Å². The molecule has 0 spiro atoms. The molecule has 3 aromatic rings. The molecule has 0 aliphatic heterocycles. The van der Waals surface area contributed by atoms with E-state index in [1.54, 1.807) is 36.5 Å². The van der Waals surface area contributed by atoms with Crippen molar-refractivity contribution in [1.82, 2.24) is 4.98 Å². The highest BCUT2D eigenvalue weighted by atomic mass is 35.5. The quantitative estimate of drug-likeness (QED) is 0.585. The van der Waals surface area contributed by atoms with Crippen molar-refractivity contribution >= 4 is 51.8 Å². The van der Waals surface area contributed by atoms with Crippen LogP contribution in [-0.2, 0) is 9.53 Å². The Balaban J connectivity index is 1.63. The van der Waals surface area contributed by atoms with E-state index >= 15 is 0 Å². The molecule has 27 heavy (non-hydrogen) atoms. The number of nitrogens with one attached hydrogen (secondary N) is 1. The first-order valence-corrected chi connectivity index (χ1v) is 9.87. The van der Waals surface area contributed by atoms with Crippen LogP contribution in [0.15, 0.2) is 35.7 Å². The predicted molar refractivity (Wildman–Crippen MR) is 107 cm³/mol. The number of thiazole rings is 1. The van der Waals surface area contributed by atoms with E-state index in [0.717, 1.165) is 9.88 Å². The maximum atomic E-state index is 12.3. The molecule has 1 N–H and O–H groups in total. The first-order chi connectivity index (χ1) is 13.0. The van der Waals surface area contributed by atoms with E-state index in [1.807, 2.05) is 17.5 Å². The van der Waals surface area contributed by atoms with E-state index < -0.39 is 18.5 Å². The standard InChI is InChI=1S/C18H15ClN2O4S2/c1-10-16(27-17(20-10)14-4-3-7-26-14)18(23)25-9-15(22)21-12-8-11(19)5-6-13(12)24-2/h3-8H,9H2,1-2H3,(H,21,22). The van der Waals surface area contributed by atoms with E-state index in [-0.39, 0.29) is 0 Å². The van der Waals surface area contributed by atoms with Crippen LogP contribution in [-0.4, -0.2) is 30.6 Å². The van der Waals surface area contributed by atoms with Crippen molar-refractivity contribution in [1.29, 1.82) is 0 Å². The predicted octanol–water partition coefficient (Wildman–Crippen LogP) is 4.64. The van der Waals surface area contributed by atoms with Crippen LogP contribution in [0.3, 0.4) is 0 Å². The molecule has 3 rings (SSSR count). The average Bonchev–Trinajstić information content (AvgIpc) is 3.29. The minimum atomic E-state index is -0.582. The number of carbonyl (C=O) groups excluding carboxylic acids is 2.